The summed E-state index contributed by atoms with van der Waals surface area (Å²) < 4.78 is 16.0. The summed E-state index contributed by atoms with van der Waals surface area (Å²) in [6.07, 6.45) is 3.04. The molecule has 0 amide bonds. The Labute approximate surface area is 107 Å². The molecule has 1 aromatic heterocycles. The topological polar surface area (TPSA) is 83.4 Å². The van der Waals surface area contributed by atoms with E-state index in [1.54, 1.807) is 0 Å². The third kappa shape index (κ3) is 3.51. The summed E-state index contributed by atoms with van der Waals surface area (Å²) in [5, 5.41) is 3.92. The molecule has 0 radical (unpaired) electrons. The molecule has 1 fully saturated rings. The Morgan fingerprint density at radius 3 is 3.17 bits per heavy atom. The lowest BCUT2D eigenvalue weighted by Gasteiger charge is -2.18. The quantitative estimate of drug-likeness (QED) is 0.773. The monoisotopic (exact) mass is 255 g/mol. The van der Waals surface area contributed by atoms with Crippen LogP contribution in [-0.4, -0.2) is 36.6 Å². The van der Waals surface area contributed by atoms with Crippen molar-refractivity contribution in [3.8, 4) is 0 Å². The molecule has 2 N–H and O–H groups in total. The molecule has 2 heterocycles. The smallest absolute Gasteiger partial charge is 0.232 e. The number of rotatable bonds is 6. The zero-order chi connectivity index (χ0) is 12.8. The van der Waals surface area contributed by atoms with Gasteiger partial charge in [0.2, 0.25) is 5.89 Å². The van der Waals surface area contributed by atoms with Crippen LogP contribution < -0.4 is 5.73 Å². The van der Waals surface area contributed by atoms with Gasteiger partial charge in [0.15, 0.2) is 5.82 Å². The second-order valence-electron chi connectivity index (χ2n) is 4.59. The molecule has 2 unspecified atom stereocenters. The molecule has 1 aliphatic heterocycles. The maximum absolute atomic E-state index is 5.94. The molecule has 0 spiro atoms. The highest BCUT2D eigenvalue weighted by Gasteiger charge is 2.23. The molecule has 18 heavy (non-hydrogen) atoms. The van der Waals surface area contributed by atoms with Crippen LogP contribution in [0.1, 0.15) is 49.9 Å². The van der Waals surface area contributed by atoms with E-state index >= 15 is 0 Å². The minimum Gasteiger partial charge on any atom is -0.381 e. The Kier molecular flexibility index (Phi) is 5.10. The first-order valence-corrected chi connectivity index (χ1v) is 6.55. The third-order valence-electron chi connectivity index (χ3n) is 2.94. The molecule has 0 aliphatic carbocycles. The first-order chi connectivity index (χ1) is 8.81. The van der Waals surface area contributed by atoms with Gasteiger partial charge in [0, 0.05) is 13.2 Å². The fraction of sp³-hybridized carbons (Fsp3) is 0.833. The fourth-order valence-electron chi connectivity index (χ4n) is 1.93. The van der Waals surface area contributed by atoms with Crippen molar-refractivity contribution >= 4 is 0 Å². The first-order valence-electron chi connectivity index (χ1n) is 6.55. The van der Waals surface area contributed by atoms with Gasteiger partial charge >= 0.3 is 0 Å². The molecule has 102 valence electrons. The van der Waals surface area contributed by atoms with Gasteiger partial charge in [-0.25, -0.2) is 0 Å². The van der Waals surface area contributed by atoms with Crippen LogP contribution in [0.3, 0.4) is 0 Å². The van der Waals surface area contributed by atoms with Gasteiger partial charge in [-0.15, -0.1) is 0 Å². The zero-order valence-corrected chi connectivity index (χ0v) is 10.8. The van der Waals surface area contributed by atoms with E-state index in [4.69, 9.17) is 19.7 Å². The molecule has 1 aromatic rings. The Hall–Kier alpha value is -0.980. The zero-order valence-electron chi connectivity index (χ0n) is 10.8. The second-order valence-corrected chi connectivity index (χ2v) is 4.59. The molecule has 2 atom stereocenters. The lowest BCUT2D eigenvalue weighted by Crippen LogP contribution is -2.19. The van der Waals surface area contributed by atoms with Crippen molar-refractivity contribution in [2.24, 2.45) is 5.73 Å². The summed E-state index contributed by atoms with van der Waals surface area (Å²) >= 11 is 0. The van der Waals surface area contributed by atoms with Crippen molar-refractivity contribution in [3.63, 3.8) is 0 Å². The number of hydrogen-bond donors (Lipinski definition) is 1. The van der Waals surface area contributed by atoms with Crippen LogP contribution in [0, 0.1) is 0 Å². The van der Waals surface area contributed by atoms with Crippen molar-refractivity contribution in [1.29, 1.82) is 0 Å². The van der Waals surface area contributed by atoms with Crippen LogP contribution in [0.15, 0.2) is 4.52 Å². The largest absolute Gasteiger partial charge is 0.381 e. The summed E-state index contributed by atoms with van der Waals surface area (Å²) in [4.78, 5) is 4.35. The molecule has 6 nitrogen and oxygen atoms in total. The van der Waals surface area contributed by atoms with Gasteiger partial charge in [-0.1, -0.05) is 12.1 Å². The van der Waals surface area contributed by atoms with E-state index in [0.717, 1.165) is 25.9 Å². The summed E-state index contributed by atoms with van der Waals surface area (Å²) in [6.45, 7) is 4.66. The first kappa shape index (κ1) is 13.5. The number of ether oxygens (including phenoxy) is 2. The Bertz CT molecular complexity index is 350. The molecule has 0 saturated carbocycles. The highest BCUT2D eigenvalue weighted by Crippen LogP contribution is 2.24. The molecular weight excluding hydrogens is 234 g/mol. The molecule has 1 saturated heterocycles. The predicted octanol–water partition coefficient (Wildman–Crippen LogP) is 1.39. The molecule has 6 heteroatoms. The van der Waals surface area contributed by atoms with Crippen molar-refractivity contribution in [2.45, 2.75) is 38.1 Å². The lowest BCUT2D eigenvalue weighted by molar-refractivity contribution is 0.0705. The second kappa shape index (κ2) is 6.82. The van der Waals surface area contributed by atoms with E-state index in [1.165, 1.54) is 0 Å². The van der Waals surface area contributed by atoms with E-state index in [-0.39, 0.29) is 12.0 Å². The van der Waals surface area contributed by atoms with Gasteiger partial charge in [0.1, 0.15) is 0 Å². The third-order valence-corrected chi connectivity index (χ3v) is 2.94. The number of nitrogens with zero attached hydrogens (tertiary/aromatic N) is 2. The maximum Gasteiger partial charge on any atom is 0.232 e. The van der Waals surface area contributed by atoms with Gasteiger partial charge in [-0.05, 0) is 19.3 Å². The molecular formula is C12H21N3O3. The van der Waals surface area contributed by atoms with Gasteiger partial charge < -0.3 is 19.7 Å². The van der Waals surface area contributed by atoms with E-state index in [2.05, 4.69) is 17.1 Å². The fourth-order valence-corrected chi connectivity index (χ4v) is 1.93. The SMILES string of the molecule is CCCOCC(N)c1noc(C2CCCOC2)n1. The van der Waals surface area contributed by atoms with Gasteiger partial charge in [0.05, 0.1) is 25.2 Å². The van der Waals surface area contributed by atoms with Crippen molar-refractivity contribution < 1.29 is 14.0 Å². The Morgan fingerprint density at radius 2 is 2.44 bits per heavy atom. The van der Waals surface area contributed by atoms with Crippen LogP contribution >= 0.6 is 0 Å². The minimum absolute atomic E-state index is 0.212. The molecule has 0 aromatic carbocycles. The predicted molar refractivity (Wildman–Crippen MR) is 65.1 cm³/mol. The Morgan fingerprint density at radius 1 is 1.56 bits per heavy atom. The van der Waals surface area contributed by atoms with E-state index in [9.17, 15) is 0 Å². The lowest BCUT2D eigenvalue weighted by atomic mass is 10.0. The summed E-state index contributed by atoms with van der Waals surface area (Å²) in [7, 11) is 0. The Balaban J connectivity index is 1.88. The number of hydrogen-bond acceptors (Lipinski definition) is 6. The normalized spacial score (nSPS) is 22.0. The summed E-state index contributed by atoms with van der Waals surface area (Å²) in [5.74, 6) is 1.37. The van der Waals surface area contributed by atoms with Crippen molar-refractivity contribution in [2.75, 3.05) is 26.4 Å². The maximum atomic E-state index is 5.94. The minimum atomic E-state index is -0.321. The van der Waals surface area contributed by atoms with Crippen LogP contribution in [0.2, 0.25) is 0 Å². The van der Waals surface area contributed by atoms with Gasteiger partial charge in [0.25, 0.3) is 0 Å². The summed E-state index contributed by atoms with van der Waals surface area (Å²) in [6, 6.07) is -0.321. The van der Waals surface area contributed by atoms with Crippen molar-refractivity contribution in [3.05, 3.63) is 11.7 Å². The highest BCUT2D eigenvalue weighted by atomic mass is 16.5. The molecule has 2 rings (SSSR count). The standard InChI is InChI=1S/C12H21N3O3/c1-2-5-16-8-10(13)11-14-12(18-15-11)9-4-3-6-17-7-9/h9-10H,2-8,13H2,1H3. The van der Waals surface area contributed by atoms with Crippen LogP contribution in [0.4, 0.5) is 0 Å². The molecule has 0 bridgehead atoms. The average molecular weight is 255 g/mol. The van der Waals surface area contributed by atoms with Crippen molar-refractivity contribution in [1.82, 2.24) is 10.1 Å². The number of aromatic nitrogens is 2. The van der Waals surface area contributed by atoms with Crippen LogP contribution in [0.25, 0.3) is 0 Å². The van der Waals surface area contributed by atoms with E-state index < -0.39 is 0 Å². The summed E-state index contributed by atoms with van der Waals surface area (Å²) in [5.41, 5.74) is 5.94. The average Bonchev–Trinajstić information content (AvgIpc) is 2.89. The van der Waals surface area contributed by atoms with E-state index in [1.807, 2.05) is 0 Å². The van der Waals surface area contributed by atoms with Gasteiger partial charge in [-0.2, -0.15) is 4.98 Å². The molecule has 1 aliphatic rings. The van der Waals surface area contributed by atoms with Gasteiger partial charge in [-0.3, -0.25) is 0 Å². The number of nitrogens with two attached hydrogens (primary N) is 1. The highest BCUT2D eigenvalue weighted by molar-refractivity contribution is 4.98. The van der Waals surface area contributed by atoms with Crippen LogP contribution in [-0.2, 0) is 9.47 Å². The van der Waals surface area contributed by atoms with E-state index in [0.29, 0.717) is 31.5 Å². The van der Waals surface area contributed by atoms with Crippen LogP contribution in [0.5, 0.6) is 0 Å².